The second kappa shape index (κ2) is 4.94. The highest BCUT2D eigenvalue weighted by Crippen LogP contribution is 2.33. The fourth-order valence-corrected chi connectivity index (χ4v) is 2.90. The summed E-state index contributed by atoms with van der Waals surface area (Å²) in [5.74, 6) is 0.405. The zero-order valence-corrected chi connectivity index (χ0v) is 10.3. The Morgan fingerprint density at radius 2 is 1.86 bits per heavy atom. The highest BCUT2D eigenvalue weighted by molar-refractivity contribution is 7.12. The summed E-state index contributed by atoms with van der Waals surface area (Å²) in [5.41, 5.74) is 1.14. The summed E-state index contributed by atoms with van der Waals surface area (Å²) in [5, 5.41) is 10.2. The summed E-state index contributed by atoms with van der Waals surface area (Å²) in [6.45, 7) is 8.48. The van der Waals surface area contributed by atoms with Crippen molar-refractivity contribution in [2.24, 2.45) is 5.92 Å². The molecule has 0 fully saturated rings. The minimum Gasteiger partial charge on any atom is -0.388 e. The van der Waals surface area contributed by atoms with Crippen LogP contribution in [0.4, 0.5) is 0 Å². The average Bonchev–Trinajstić information content (AvgIpc) is 2.47. The predicted octanol–water partition coefficient (Wildman–Crippen LogP) is 3.83. The lowest BCUT2D eigenvalue weighted by atomic mass is 9.91. The molecule has 1 nitrogen and oxygen atoms in total. The number of aliphatic hydroxyl groups excluding tert-OH is 1. The zero-order valence-electron chi connectivity index (χ0n) is 9.50. The highest BCUT2D eigenvalue weighted by atomic mass is 32.1. The van der Waals surface area contributed by atoms with Crippen molar-refractivity contribution in [1.82, 2.24) is 0 Å². The highest BCUT2D eigenvalue weighted by Gasteiger charge is 2.20. The van der Waals surface area contributed by atoms with Gasteiger partial charge in [0.1, 0.15) is 0 Å². The minimum atomic E-state index is -0.269. The van der Waals surface area contributed by atoms with E-state index >= 15 is 0 Å². The molecule has 1 N–H and O–H groups in total. The Bertz CT molecular complexity index is 287. The van der Waals surface area contributed by atoms with Crippen molar-refractivity contribution in [3.63, 3.8) is 0 Å². The molecule has 1 rings (SSSR count). The van der Waals surface area contributed by atoms with Crippen LogP contribution in [-0.4, -0.2) is 5.11 Å². The van der Waals surface area contributed by atoms with Gasteiger partial charge in [-0.05, 0) is 31.4 Å². The molecule has 0 aliphatic heterocycles. The summed E-state index contributed by atoms with van der Waals surface area (Å²) in [6, 6.07) is 2.13. The van der Waals surface area contributed by atoms with Crippen LogP contribution in [0.15, 0.2) is 6.07 Å². The van der Waals surface area contributed by atoms with Gasteiger partial charge in [0.2, 0.25) is 0 Å². The summed E-state index contributed by atoms with van der Waals surface area (Å²) in [6.07, 6.45) is 1.83. The Kier molecular flexibility index (Phi) is 4.14. The number of aliphatic hydroxyl groups is 1. The molecule has 80 valence electrons. The van der Waals surface area contributed by atoms with E-state index in [4.69, 9.17) is 0 Å². The lowest BCUT2D eigenvalue weighted by Crippen LogP contribution is -2.10. The fourth-order valence-electron chi connectivity index (χ4n) is 1.93. The zero-order chi connectivity index (χ0) is 10.7. The molecule has 1 atom stereocenters. The molecule has 0 bridgehead atoms. The van der Waals surface area contributed by atoms with E-state index in [1.54, 1.807) is 11.3 Å². The first-order valence-corrected chi connectivity index (χ1v) is 6.16. The van der Waals surface area contributed by atoms with E-state index in [0.29, 0.717) is 5.92 Å². The smallest absolute Gasteiger partial charge is 0.0828 e. The monoisotopic (exact) mass is 212 g/mol. The first-order chi connectivity index (χ1) is 6.60. The molecule has 14 heavy (non-hydrogen) atoms. The van der Waals surface area contributed by atoms with Crippen molar-refractivity contribution in [1.29, 1.82) is 0 Å². The van der Waals surface area contributed by atoms with Crippen LogP contribution in [0.5, 0.6) is 0 Å². The summed E-state index contributed by atoms with van der Waals surface area (Å²) in [4.78, 5) is 2.56. The third kappa shape index (κ3) is 2.37. The van der Waals surface area contributed by atoms with Crippen LogP contribution in [0.3, 0.4) is 0 Å². The van der Waals surface area contributed by atoms with E-state index in [9.17, 15) is 5.11 Å². The lowest BCUT2D eigenvalue weighted by Gasteiger charge is -2.19. The Morgan fingerprint density at radius 1 is 1.29 bits per heavy atom. The van der Waals surface area contributed by atoms with Gasteiger partial charge < -0.3 is 5.11 Å². The maximum Gasteiger partial charge on any atom is 0.0828 e. The van der Waals surface area contributed by atoms with Crippen LogP contribution in [-0.2, 0) is 0 Å². The SMILES string of the molecule is CCC(CC)C(O)c1cc(C)sc1C. The van der Waals surface area contributed by atoms with Crippen molar-refractivity contribution in [2.75, 3.05) is 0 Å². The second-order valence-electron chi connectivity index (χ2n) is 3.89. The number of thiophene rings is 1. The van der Waals surface area contributed by atoms with Gasteiger partial charge in [0, 0.05) is 9.75 Å². The van der Waals surface area contributed by atoms with Crippen LogP contribution in [0.2, 0.25) is 0 Å². The van der Waals surface area contributed by atoms with E-state index in [0.717, 1.165) is 18.4 Å². The molecule has 0 saturated carbocycles. The quantitative estimate of drug-likeness (QED) is 0.804. The molecule has 0 spiro atoms. The number of hydrogen-bond acceptors (Lipinski definition) is 2. The van der Waals surface area contributed by atoms with E-state index in [1.165, 1.54) is 9.75 Å². The van der Waals surface area contributed by atoms with Gasteiger partial charge in [0.25, 0.3) is 0 Å². The Hall–Kier alpha value is -0.340. The molecular weight excluding hydrogens is 192 g/mol. The molecule has 0 radical (unpaired) electrons. The number of hydrogen-bond donors (Lipinski definition) is 1. The van der Waals surface area contributed by atoms with Crippen molar-refractivity contribution >= 4 is 11.3 Å². The van der Waals surface area contributed by atoms with Crippen molar-refractivity contribution in [3.8, 4) is 0 Å². The molecule has 0 saturated heterocycles. The van der Waals surface area contributed by atoms with E-state index in [2.05, 4.69) is 33.8 Å². The Labute approximate surface area is 90.8 Å². The summed E-state index contributed by atoms with van der Waals surface area (Å²) >= 11 is 1.78. The van der Waals surface area contributed by atoms with Crippen LogP contribution < -0.4 is 0 Å². The summed E-state index contributed by atoms with van der Waals surface area (Å²) < 4.78 is 0. The summed E-state index contributed by atoms with van der Waals surface area (Å²) in [7, 11) is 0. The van der Waals surface area contributed by atoms with E-state index in [1.807, 2.05) is 0 Å². The Balaban J connectivity index is 2.87. The maximum atomic E-state index is 10.2. The molecule has 1 unspecified atom stereocenters. The van der Waals surface area contributed by atoms with Crippen molar-refractivity contribution < 1.29 is 5.11 Å². The predicted molar refractivity (Wildman–Crippen MR) is 62.8 cm³/mol. The van der Waals surface area contributed by atoms with Crippen LogP contribution in [0.25, 0.3) is 0 Å². The average molecular weight is 212 g/mol. The minimum absolute atomic E-state index is 0.269. The van der Waals surface area contributed by atoms with Gasteiger partial charge in [0.15, 0.2) is 0 Å². The van der Waals surface area contributed by atoms with Crippen LogP contribution >= 0.6 is 11.3 Å². The normalized spacial score (nSPS) is 13.6. The van der Waals surface area contributed by atoms with Gasteiger partial charge >= 0.3 is 0 Å². The van der Waals surface area contributed by atoms with Crippen LogP contribution in [0, 0.1) is 19.8 Å². The van der Waals surface area contributed by atoms with Crippen LogP contribution in [0.1, 0.15) is 48.1 Å². The standard InChI is InChI=1S/C12H20OS/c1-5-10(6-2)12(13)11-7-8(3)14-9(11)4/h7,10,12-13H,5-6H2,1-4H3. The fraction of sp³-hybridized carbons (Fsp3) is 0.667. The van der Waals surface area contributed by atoms with Crippen molar-refractivity contribution in [2.45, 2.75) is 46.6 Å². The van der Waals surface area contributed by atoms with Gasteiger partial charge in [0.05, 0.1) is 6.10 Å². The van der Waals surface area contributed by atoms with Crippen molar-refractivity contribution in [3.05, 3.63) is 21.4 Å². The Morgan fingerprint density at radius 3 is 2.21 bits per heavy atom. The largest absolute Gasteiger partial charge is 0.388 e. The second-order valence-corrected chi connectivity index (χ2v) is 5.35. The third-order valence-corrected chi connectivity index (χ3v) is 3.88. The molecule has 0 aliphatic carbocycles. The molecule has 1 aromatic rings. The molecule has 1 heterocycles. The maximum absolute atomic E-state index is 10.2. The molecule has 1 aromatic heterocycles. The first-order valence-electron chi connectivity index (χ1n) is 5.35. The molecule has 0 aliphatic rings. The third-order valence-electron chi connectivity index (χ3n) is 2.89. The molecule has 2 heteroatoms. The number of aryl methyl sites for hydroxylation is 2. The molecular formula is C12H20OS. The lowest BCUT2D eigenvalue weighted by molar-refractivity contribution is 0.103. The van der Waals surface area contributed by atoms with Gasteiger partial charge in [-0.1, -0.05) is 26.7 Å². The van der Waals surface area contributed by atoms with E-state index < -0.39 is 0 Å². The number of rotatable bonds is 4. The van der Waals surface area contributed by atoms with Gasteiger partial charge in [-0.25, -0.2) is 0 Å². The van der Waals surface area contributed by atoms with Gasteiger partial charge in [-0.3, -0.25) is 0 Å². The topological polar surface area (TPSA) is 20.2 Å². The molecule has 0 amide bonds. The van der Waals surface area contributed by atoms with Gasteiger partial charge in [-0.2, -0.15) is 0 Å². The van der Waals surface area contributed by atoms with E-state index in [-0.39, 0.29) is 6.10 Å². The molecule has 0 aromatic carbocycles. The van der Waals surface area contributed by atoms with Gasteiger partial charge in [-0.15, -0.1) is 11.3 Å². The first kappa shape index (κ1) is 11.7.